The van der Waals surface area contributed by atoms with Crippen molar-refractivity contribution in [2.24, 2.45) is 21.8 Å². The van der Waals surface area contributed by atoms with Gasteiger partial charge in [0.05, 0.1) is 7.11 Å². The molecule has 2 aliphatic carbocycles. The van der Waals surface area contributed by atoms with E-state index < -0.39 is 0 Å². The molecule has 2 saturated carbocycles. The van der Waals surface area contributed by atoms with Crippen LogP contribution in [0.3, 0.4) is 0 Å². The molecular formula is C18H24N2O2. The molecule has 2 atom stereocenters. The van der Waals surface area contributed by atoms with Crippen LogP contribution in [0.25, 0.3) is 0 Å². The molecular weight excluding hydrogens is 276 g/mol. The third-order valence-electron chi connectivity index (χ3n) is 6.14. The number of hydrogen-bond acceptors (Lipinski definition) is 3. The molecule has 0 aromatic heterocycles. The number of methoxy groups -OCH3 is 1. The maximum absolute atomic E-state index is 12.3. The summed E-state index contributed by atoms with van der Waals surface area (Å²) >= 11 is 0. The van der Waals surface area contributed by atoms with Gasteiger partial charge in [-0.2, -0.15) is 5.10 Å². The number of carbonyl (C=O) groups is 1. The summed E-state index contributed by atoms with van der Waals surface area (Å²) in [5.41, 5.74) is 4.82. The zero-order chi connectivity index (χ0) is 16.0. The molecule has 22 heavy (non-hydrogen) atoms. The Labute approximate surface area is 131 Å². The molecule has 0 heterocycles. The summed E-state index contributed by atoms with van der Waals surface area (Å²) in [6, 6.07) is 7.12. The van der Waals surface area contributed by atoms with Crippen molar-refractivity contribution in [3.63, 3.8) is 0 Å². The van der Waals surface area contributed by atoms with E-state index in [0.717, 1.165) is 12.1 Å². The van der Waals surface area contributed by atoms with Crippen molar-refractivity contribution in [2.75, 3.05) is 7.11 Å². The number of rotatable bonds is 3. The Morgan fingerprint density at radius 1 is 1.36 bits per heavy atom. The first-order chi connectivity index (χ1) is 10.4. The summed E-state index contributed by atoms with van der Waals surface area (Å²) in [6.45, 7) is 6.95. The fourth-order valence-corrected chi connectivity index (χ4v) is 4.04. The van der Waals surface area contributed by atoms with Gasteiger partial charge in [0.1, 0.15) is 5.75 Å². The molecule has 0 unspecified atom stereocenters. The van der Waals surface area contributed by atoms with Crippen LogP contribution in [0.1, 0.15) is 50.4 Å². The number of carbonyl (C=O) groups excluding carboxylic acids is 1. The van der Waals surface area contributed by atoms with Crippen LogP contribution in [0.15, 0.2) is 29.4 Å². The highest BCUT2D eigenvalue weighted by Crippen LogP contribution is 2.63. The van der Waals surface area contributed by atoms with Crippen LogP contribution in [0.5, 0.6) is 5.75 Å². The highest BCUT2D eigenvalue weighted by atomic mass is 16.5. The van der Waals surface area contributed by atoms with E-state index in [4.69, 9.17) is 4.74 Å². The van der Waals surface area contributed by atoms with E-state index in [1.807, 2.05) is 12.1 Å². The molecule has 0 spiro atoms. The van der Waals surface area contributed by atoms with Crippen LogP contribution in [-0.2, 0) is 0 Å². The lowest BCUT2D eigenvalue weighted by atomic mass is 9.70. The molecule has 0 saturated heterocycles. The summed E-state index contributed by atoms with van der Waals surface area (Å²) < 4.78 is 5.15. The van der Waals surface area contributed by atoms with Crippen molar-refractivity contribution in [1.29, 1.82) is 0 Å². The molecule has 2 fully saturated rings. The lowest BCUT2D eigenvalue weighted by molar-refractivity contribution is 0.0953. The first kappa shape index (κ1) is 15.1. The zero-order valence-electron chi connectivity index (χ0n) is 13.8. The number of ether oxygens (including phenoxy) is 1. The first-order valence-corrected chi connectivity index (χ1v) is 7.90. The topological polar surface area (TPSA) is 50.7 Å². The van der Waals surface area contributed by atoms with Crippen molar-refractivity contribution in [2.45, 2.75) is 40.0 Å². The molecule has 118 valence electrons. The van der Waals surface area contributed by atoms with Crippen molar-refractivity contribution >= 4 is 11.6 Å². The highest BCUT2D eigenvalue weighted by Gasteiger charge is 2.59. The summed E-state index contributed by atoms with van der Waals surface area (Å²) in [4.78, 5) is 12.3. The second kappa shape index (κ2) is 5.11. The van der Waals surface area contributed by atoms with Crippen molar-refractivity contribution in [3.05, 3.63) is 29.8 Å². The number of hydrogen-bond donors (Lipinski definition) is 1. The molecule has 1 amide bonds. The summed E-state index contributed by atoms with van der Waals surface area (Å²) in [7, 11) is 1.59. The van der Waals surface area contributed by atoms with E-state index in [1.54, 1.807) is 19.2 Å². The quantitative estimate of drug-likeness (QED) is 0.867. The van der Waals surface area contributed by atoms with Crippen molar-refractivity contribution < 1.29 is 9.53 Å². The minimum atomic E-state index is -0.185. The number of hydrazone groups is 1. The summed E-state index contributed by atoms with van der Waals surface area (Å²) in [5.74, 6) is 1.17. The van der Waals surface area contributed by atoms with E-state index in [9.17, 15) is 4.79 Å². The summed E-state index contributed by atoms with van der Waals surface area (Å²) in [6.07, 6.45) is 3.44. The Hall–Kier alpha value is -1.84. The Morgan fingerprint density at radius 2 is 2.14 bits per heavy atom. The summed E-state index contributed by atoms with van der Waals surface area (Å²) in [5, 5.41) is 4.48. The molecule has 1 N–H and O–H groups in total. The van der Waals surface area contributed by atoms with Crippen molar-refractivity contribution in [3.8, 4) is 5.75 Å². The Morgan fingerprint density at radius 3 is 2.73 bits per heavy atom. The lowest BCUT2D eigenvalue weighted by Crippen LogP contribution is -2.34. The lowest BCUT2D eigenvalue weighted by Gasteiger charge is -2.34. The van der Waals surface area contributed by atoms with Gasteiger partial charge >= 0.3 is 0 Å². The van der Waals surface area contributed by atoms with Crippen LogP contribution >= 0.6 is 0 Å². The average Bonchev–Trinajstić information content (AvgIpc) is 2.85. The van der Waals surface area contributed by atoms with Gasteiger partial charge in [0.2, 0.25) is 0 Å². The molecule has 2 aliphatic rings. The van der Waals surface area contributed by atoms with Crippen molar-refractivity contribution in [1.82, 2.24) is 5.43 Å². The standard InChI is InChI=1S/C18H24N2O2/c1-17(2)13-8-9-18(17,3)15(11-13)19-20-16(21)12-6-5-7-14(10-12)22-4/h5-7,10,13H,8-9,11H2,1-4H3,(H,20,21)/b19-15-/t13-,18+/m0/s1. The van der Waals surface area contributed by atoms with E-state index >= 15 is 0 Å². The van der Waals surface area contributed by atoms with E-state index in [2.05, 4.69) is 31.3 Å². The average molecular weight is 300 g/mol. The van der Waals surface area contributed by atoms with Crippen LogP contribution < -0.4 is 10.2 Å². The van der Waals surface area contributed by atoms with Gasteiger partial charge < -0.3 is 4.74 Å². The minimum absolute atomic E-state index is 0.110. The molecule has 4 heteroatoms. The molecule has 0 aliphatic heterocycles. The Kier molecular flexibility index (Phi) is 3.50. The van der Waals surface area contributed by atoms with Gasteiger partial charge in [-0.3, -0.25) is 4.79 Å². The number of amides is 1. The number of fused-ring (bicyclic) bond motifs is 2. The van der Waals surface area contributed by atoms with E-state index in [-0.39, 0.29) is 16.7 Å². The predicted molar refractivity (Wildman–Crippen MR) is 87.1 cm³/mol. The smallest absolute Gasteiger partial charge is 0.271 e. The van der Waals surface area contributed by atoms with E-state index in [0.29, 0.717) is 17.2 Å². The number of benzene rings is 1. The largest absolute Gasteiger partial charge is 0.497 e. The van der Waals surface area contributed by atoms with Gasteiger partial charge in [0.15, 0.2) is 0 Å². The molecule has 1 aromatic rings. The highest BCUT2D eigenvalue weighted by molar-refractivity contribution is 5.98. The van der Waals surface area contributed by atoms with Gasteiger partial charge in [-0.15, -0.1) is 0 Å². The molecule has 0 radical (unpaired) electrons. The zero-order valence-corrected chi connectivity index (χ0v) is 13.8. The second-order valence-corrected chi connectivity index (χ2v) is 7.22. The maximum atomic E-state index is 12.3. The molecule has 1 aromatic carbocycles. The van der Waals surface area contributed by atoms with Crippen LogP contribution in [0.2, 0.25) is 0 Å². The van der Waals surface area contributed by atoms with Gasteiger partial charge in [-0.05, 0) is 48.8 Å². The molecule has 2 bridgehead atoms. The fourth-order valence-electron chi connectivity index (χ4n) is 4.04. The normalized spacial score (nSPS) is 30.5. The molecule has 4 nitrogen and oxygen atoms in total. The van der Waals surface area contributed by atoms with E-state index in [1.165, 1.54) is 12.8 Å². The minimum Gasteiger partial charge on any atom is -0.497 e. The second-order valence-electron chi connectivity index (χ2n) is 7.22. The Balaban J connectivity index is 1.76. The number of nitrogens with zero attached hydrogens (tertiary/aromatic N) is 1. The monoisotopic (exact) mass is 300 g/mol. The fraction of sp³-hybridized carbons (Fsp3) is 0.556. The third kappa shape index (κ3) is 2.13. The van der Waals surface area contributed by atoms with Crippen LogP contribution in [0.4, 0.5) is 0 Å². The van der Waals surface area contributed by atoms with Gasteiger partial charge in [-0.1, -0.05) is 26.8 Å². The van der Waals surface area contributed by atoms with Gasteiger partial charge in [0, 0.05) is 16.7 Å². The third-order valence-corrected chi connectivity index (χ3v) is 6.14. The first-order valence-electron chi connectivity index (χ1n) is 7.90. The SMILES string of the molecule is COc1cccc(C(=O)N/N=C2/C[C@@H]3CC[C@@]2(C)C3(C)C)c1. The van der Waals surface area contributed by atoms with Crippen LogP contribution in [-0.4, -0.2) is 18.7 Å². The Bertz CT molecular complexity index is 636. The van der Waals surface area contributed by atoms with Crippen LogP contribution in [0, 0.1) is 16.7 Å². The number of nitrogens with one attached hydrogen (secondary N) is 1. The predicted octanol–water partition coefficient (Wildman–Crippen LogP) is 3.63. The van der Waals surface area contributed by atoms with Gasteiger partial charge in [0.25, 0.3) is 5.91 Å². The molecule has 3 rings (SSSR count). The maximum Gasteiger partial charge on any atom is 0.271 e. The van der Waals surface area contributed by atoms with Gasteiger partial charge in [-0.25, -0.2) is 5.43 Å².